The minimum atomic E-state index is -0.765. The fourth-order valence-electron chi connectivity index (χ4n) is 11.0. The van der Waals surface area contributed by atoms with Crippen molar-refractivity contribution in [2.45, 2.75) is 412 Å². The Kier molecular flexibility index (Phi) is 65.1. The summed E-state index contributed by atoms with van der Waals surface area (Å²) in [5.74, 6) is -0.838. The standard InChI is InChI=1S/C71H136O6/c1-4-7-10-13-16-19-21-23-25-27-29-31-33-34-35-36-37-39-40-42-44-46-48-50-52-55-58-61-64-70(73)76-67-68(66-75-69(72)63-60-57-54-18-15-12-9-6-3)77-71(74)65-62-59-56-53-51-49-47-45-43-41-38-32-30-28-26-24-22-20-17-14-11-8-5-2/h28,30,68H,4-27,29,31-67H2,1-3H3/b30-28-. The summed E-state index contributed by atoms with van der Waals surface area (Å²) in [5, 5.41) is 0. The average Bonchev–Trinajstić information content (AvgIpc) is 3.43. The molecule has 456 valence electrons. The number of rotatable bonds is 66. The Balaban J connectivity index is 4.04. The van der Waals surface area contributed by atoms with Gasteiger partial charge in [-0.3, -0.25) is 14.4 Å². The predicted octanol–water partition coefficient (Wildman–Crippen LogP) is 24.0. The van der Waals surface area contributed by atoms with E-state index in [0.717, 1.165) is 57.8 Å². The van der Waals surface area contributed by atoms with Crippen LogP contribution in [0.4, 0.5) is 0 Å². The van der Waals surface area contributed by atoms with Crippen LogP contribution in [0, 0.1) is 0 Å². The molecule has 6 heteroatoms. The summed E-state index contributed by atoms with van der Waals surface area (Å²) in [6.07, 6.45) is 79.8. The van der Waals surface area contributed by atoms with Crippen LogP contribution in [0.1, 0.15) is 406 Å². The first-order valence-electron chi connectivity index (χ1n) is 35.2. The lowest BCUT2D eigenvalue weighted by molar-refractivity contribution is -0.167. The molecule has 0 bridgehead atoms. The summed E-state index contributed by atoms with van der Waals surface area (Å²) >= 11 is 0. The van der Waals surface area contributed by atoms with E-state index >= 15 is 0 Å². The molecule has 0 rings (SSSR count). The molecule has 0 N–H and O–H groups in total. The summed E-state index contributed by atoms with van der Waals surface area (Å²) in [6.45, 7) is 6.69. The van der Waals surface area contributed by atoms with Crippen LogP contribution in [0.5, 0.6) is 0 Å². The number of hydrogen-bond donors (Lipinski definition) is 0. The van der Waals surface area contributed by atoms with Gasteiger partial charge in [0, 0.05) is 19.3 Å². The molecule has 1 unspecified atom stereocenters. The zero-order valence-electron chi connectivity index (χ0n) is 52.5. The van der Waals surface area contributed by atoms with Gasteiger partial charge in [0.25, 0.3) is 0 Å². The fraction of sp³-hybridized carbons (Fsp3) is 0.930. The second-order valence-electron chi connectivity index (χ2n) is 24.2. The van der Waals surface area contributed by atoms with Crippen LogP contribution in [0.25, 0.3) is 0 Å². The van der Waals surface area contributed by atoms with Crippen molar-refractivity contribution in [2.75, 3.05) is 13.2 Å². The van der Waals surface area contributed by atoms with Crippen LogP contribution in [0.3, 0.4) is 0 Å². The molecule has 0 aliphatic heterocycles. The SMILES string of the molecule is CCCCCCCCCC/C=C\CCCCCCCCCCCCCC(=O)OC(COC(=O)CCCCCCCCCC)COC(=O)CCCCCCCCCCCCCCCCCCCCCCCCCCCCCC. The minimum Gasteiger partial charge on any atom is -0.462 e. The molecule has 0 amide bonds. The topological polar surface area (TPSA) is 78.9 Å². The number of carbonyl (C=O) groups excluding carboxylic acids is 3. The highest BCUT2D eigenvalue weighted by Crippen LogP contribution is 2.19. The fourth-order valence-corrected chi connectivity index (χ4v) is 11.0. The van der Waals surface area contributed by atoms with Crippen molar-refractivity contribution < 1.29 is 28.6 Å². The predicted molar refractivity (Wildman–Crippen MR) is 335 cm³/mol. The number of carbonyl (C=O) groups is 3. The summed E-state index contributed by atoms with van der Waals surface area (Å²) in [5.41, 5.74) is 0. The largest absolute Gasteiger partial charge is 0.462 e. The molecule has 0 aromatic carbocycles. The van der Waals surface area contributed by atoms with E-state index < -0.39 is 6.10 Å². The molecule has 0 saturated carbocycles. The van der Waals surface area contributed by atoms with Gasteiger partial charge in [0.1, 0.15) is 13.2 Å². The maximum atomic E-state index is 12.9. The molecule has 0 saturated heterocycles. The van der Waals surface area contributed by atoms with Crippen molar-refractivity contribution in [3.05, 3.63) is 12.2 Å². The molecule has 1 atom stereocenters. The van der Waals surface area contributed by atoms with E-state index in [2.05, 4.69) is 32.9 Å². The monoisotopic (exact) mass is 1090 g/mol. The molecule has 0 radical (unpaired) electrons. The van der Waals surface area contributed by atoms with Gasteiger partial charge in [0.05, 0.1) is 0 Å². The first-order valence-corrected chi connectivity index (χ1v) is 35.2. The molecule has 0 aliphatic rings. The highest BCUT2D eigenvalue weighted by Gasteiger charge is 2.19. The molecule has 0 heterocycles. The molecule has 0 aliphatic carbocycles. The Hall–Kier alpha value is -1.85. The molecule has 0 fully saturated rings. The lowest BCUT2D eigenvalue weighted by Crippen LogP contribution is -2.30. The van der Waals surface area contributed by atoms with Gasteiger partial charge in [-0.15, -0.1) is 0 Å². The Bertz CT molecular complexity index is 1200. The van der Waals surface area contributed by atoms with E-state index in [-0.39, 0.29) is 31.1 Å². The molecule has 6 nitrogen and oxygen atoms in total. The van der Waals surface area contributed by atoms with Gasteiger partial charge in [0.2, 0.25) is 0 Å². The third-order valence-electron chi connectivity index (χ3n) is 16.3. The van der Waals surface area contributed by atoms with Crippen LogP contribution in [-0.4, -0.2) is 37.2 Å². The first-order chi connectivity index (χ1) is 38.0. The van der Waals surface area contributed by atoms with Crippen LogP contribution < -0.4 is 0 Å². The van der Waals surface area contributed by atoms with Crippen LogP contribution in [0.15, 0.2) is 12.2 Å². The van der Waals surface area contributed by atoms with Crippen LogP contribution >= 0.6 is 0 Å². The number of esters is 3. The molecule has 77 heavy (non-hydrogen) atoms. The van der Waals surface area contributed by atoms with Crippen LogP contribution in [-0.2, 0) is 28.6 Å². The van der Waals surface area contributed by atoms with Gasteiger partial charge in [-0.1, -0.05) is 354 Å². The van der Waals surface area contributed by atoms with Crippen molar-refractivity contribution in [3.8, 4) is 0 Å². The summed E-state index contributed by atoms with van der Waals surface area (Å²) in [4.78, 5) is 38.2. The Morgan fingerprint density at radius 1 is 0.247 bits per heavy atom. The number of ether oxygens (including phenoxy) is 3. The first kappa shape index (κ1) is 75.2. The number of unbranched alkanes of at least 4 members (excludes halogenated alkanes) is 53. The van der Waals surface area contributed by atoms with Gasteiger partial charge in [-0.25, -0.2) is 0 Å². The van der Waals surface area contributed by atoms with Crippen molar-refractivity contribution >= 4 is 17.9 Å². The Morgan fingerprint density at radius 3 is 0.649 bits per heavy atom. The third kappa shape index (κ3) is 64.9. The van der Waals surface area contributed by atoms with E-state index in [9.17, 15) is 14.4 Å². The van der Waals surface area contributed by atoms with E-state index in [4.69, 9.17) is 14.2 Å². The molecular weight excluding hydrogens is 949 g/mol. The van der Waals surface area contributed by atoms with Gasteiger partial charge in [-0.05, 0) is 44.9 Å². The van der Waals surface area contributed by atoms with E-state index in [1.807, 2.05) is 0 Å². The second-order valence-corrected chi connectivity index (χ2v) is 24.2. The number of hydrogen-bond acceptors (Lipinski definition) is 6. The average molecular weight is 1090 g/mol. The van der Waals surface area contributed by atoms with Gasteiger partial charge in [0.15, 0.2) is 6.10 Å². The summed E-state index contributed by atoms with van der Waals surface area (Å²) < 4.78 is 16.9. The summed E-state index contributed by atoms with van der Waals surface area (Å²) in [7, 11) is 0. The lowest BCUT2D eigenvalue weighted by atomic mass is 10.0. The molecular formula is C71H136O6. The summed E-state index contributed by atoms with van der Waals surface area (Å²) in [6, 6.07) is 0. The normalized spacial score (nSPS) is 12.0. The van der Waals surface area contributed by atoms with E-state index in [1.165, 1.54) is 308 Å². The van der Waals surface area contributed by atoms with E-state index in [1.54, 1.807) is 0 Å². The van der Waals surface area contributed by atoms with Gasteiger partial charge in [-0.2, -0.15) is 0 Å². The molecule has 0 spiro atoms. The quantitative estimate of drug-likeness (QED) is 0.0261. The Labute approximate surface area is 481 Å². The Morgan fingerprint density at radius 2 is 0.429 bits per heavy atom. The van der Waals surface area contributed by atoms with Crippen molar-refractivity contribution in [3.63, 3.8) is 0 Å². The molecule has 0 aromatic heterocycles. The minimum absolute atomic E-state index is 0.0639. The van der Waals surface area contributed by atoms with Gasteiger partial charge >= 0.3 is 17.9 Å². The van der Waals surface area contributed by atoms with Crippen molar-refractivity contribution in [1.29, 1.82) is 0 Å². The maximum Gasteiger partial charge on any atom is 0.306 e. The zero-order chi connectivity index (χ0) is 55.7. The van der Waals surface area contributed by atoms with Crippen molar-refractivity contribution in [1.82, 2.24) is 0 Å². The maximum absolute atomic E-state index is 12.9. The van der Waals surface area contributed by atoms with E-state index in [0.29, 0.717) is 19.3 Å². The van der Waals surface area contributed by atoms with Crippen molar-refractivity contribution in [2.24, 2.45) is 0 Å². The third-order valence-corrected chi connectivity index (χ3v) is 16.3. The van der Waals surface area contributed by atoms with Crippen LogP contribution in [0.2, 0.25) is 0 Å². The highest BCUT2D eigenvalue weighted by molar-refractivity contribution is 5.71. The smallest absolute Gasteiger partial charge is 0.306 e. The zero-order valence-corrected chi connectivity index (χ0v) is 52.5. The van der Waals surface area contributed by atoms with Gasteiger partial charge < -0.3 is 14.2 Å². The molecule has 0 aromatic rings. The lowest BCUT2D eigenvalue weighted by Gasteiger charge is -2.18. The highest BCUT2D eigenvalue weighted by atomic mass is 16.6. The number of allylic oxidation sites excluding steroid dienone is 2. The second kappa shape index (κ2) is 66.7.